The molecule has 98 valence electrons. The van der Waals surface area contributed by atoms with Crippen LogP contribution < -0.4 is 0 Å². The average Bonchev–Trinajstić information content (AvgIpc) is 2.40. The van der Waals surface area contributed by atoms with Crippen molar-refractivity contribution in [2.75, 3.05) is 26.7 Å². The number of amides is 1. The Balaban J connectivity index is 2.16. The van der Waals surface area contributed by atoms with Crippen molar-refractivity contribution in [3.63, 3.8) is 0 Å². The molecule has 1 amide bonds. The number of aliphatic hydroxyl groups is 1. The molecule has 1 aliphatic heterocycles. The van der Waals surface area contributed by atoms with Gasteiger partial charge in [0.1, 0.15) is 6.04 Å². The number of hydrogen-bond acceptors (Lipinski definition) is 3. The van der Waals surface area contributed by atoms with Crippen LogP contribution >= 0.6 is 0 Å². The van der Waals surface area contributed by atoms with Gasteiger partial charge in [-0.05, 0) is 19.5 Å². The molecule has 4 heteroatoms. The topological polar surface area (TPSA) is 43.8 Å². The molecule has 2 rings (SSSR count). The number of rotatable bonds is 3. The van der Waals surface area contributed by atoms with Crippen molar-refractivity contribution in [3.8, 4) is 0 Å². The molecule has 1 aromatic carbocycles. The minimum atomic E-state index is -0.398. The Hall–Kier alpha value is -1.39. The quantitative estimate of drug-likeness (QED) is 0.863. The molecule has 1 saturated heterocycles. The molecule has 1 N–H and O–H groups in total. The first kappa shape index (κ1) is 13.1. The van der Waals surface area contributed by atoms with Gasteiger partial charge in [0.15, 0.2) is 0 Å². The SMILES string of the molecule is CC(c1ccccc1)N1CCN(C)C(CO)C1=O. The lowest BCUT2D eigenvalue weighted by molar-refractivity contribution is -0.145. The van der Waals surface area contributed by atoms with E-state index in [4.69, 9.17) is 0 Å². The third-order valence-electron chi connectivity index (χ3n) is 3.72. The standard InChI is InChI=1S/C14H20N2O2/c1-11(12-6-4-3-5-7-12)16-9-8-15(2)13(10-17)14(16)18/h3-7,11,13,17H,8-10H2,1-2H3. The van der Waals surface area contributed by atoms with Crippen LogP contribution in [-0.4, -0.2) is 53.6 Å². The van der Waals surface area contributed by atoms with Crippen molar-refractivity contribution >= 4 is 5.91 Å². The highest BCUT2D eigenvalue weighted by Gasteiger charge is 2.34. The maximum absolute atomic E-state index is 12.3. The van der Waals surface area contributed by atoms with Crippen LogP contribution in [0.4, 0.5) is 0 Å². The number of hydrogen-bond donors (Lipinski definition) is 1. The van der Waals surface area contributed by atoms with Crippen LogP contribution in [0.5, 0.6) is 0 Å². The van der Waals surface area contributed by atoms with E-state index < -0.39 is 6.04 Å². The van der Waals surface area contributed by atoms with E-state index in [-0.39, 0.29) is 18.6 Å². The monoisotopic (exact) mass is 248 g/mol. The Morgan fingerprint density at radius 2 is 2.00 bits per heavy atom. The lowest BCUT2D eigenvalue weighted by atomic mass is 10.0. The van der Waals surface area contributed by atoms with Gasteiger partial charge in [0.25, 0.3) is 0 Å². The second-order valence-corrected chi connectivity index (χ2v) is 4.80. The molecule has 0 aromatic heterocycles. The molecular weight excluding hydrogens is 228 g/mol. The Bertz CT molecular complexity index is 408. The van der Waals surface area contributed by atoms with E-state index >= 15 is 0 Å². The van der Waals surface area contributed by atoms with E-state index in [0.29, 0.717) is 6.54 Å². The van der Waals surface area contributed by atoms with Crippen LogP contribution in [0.15, 0.2) is 30.3 Å². The van der Waals surface area contributed by atoms with E-state index in [1.165, 1.54) is 0 Å². The first-order valence-corrected chi connectivity index (χ1v) is 6.31. The Labute approximate surface area is 108 Å². The van der Waals surface area contributed by atoms with Crippen LogP contribution in [0.3, 0.4) is 0 Å². The van der Waals surface area contributed by atoms with Gasteiger partial charge in [-0.25, -0.2) is 0 Å². The summed E-state index contributed by atoms with van der Waals surface area (Å²) in [6, 6.07) is 9.66. The molecule has 4 nitrogen and oxygen atoms in total. The summed E-state index contributed by atoms with van der Waals surface area (Å²) in [5, 5.41) is 9.31. The number of piperazine rings is 1. The summed E-state index contributed by atoms with van der Waals surface area (Å²) in [6.45, 7) is 3.43. The smallest absolute Gasteiger partial charge is 0.242 e. The second-order valence-electron chi connectivity index (χ2n) is 4.80. The highest BCUT2D eigenvalue weighted by molar-refractivity contribution is 5.83. The van der Waals surface area contributed by atoms with E-state index in [1.54, 1.807) is 0 Å². The number of carbonyl (C=O) groups is 1. The molecule has 1 heterocycles. The summed E-state index contributed by atoms with van der Waals surface area (Å²) in [4.78, 5) is 16.1. The van der Waals surface area contributed by atoms with E-state index in [0.717, 1.165) is 12.1 Å². The molecular formula is C14H20N2O2. The molecule has 0 bridgehead atoms. The van der Waals surface area contributed by atoms with Gasteiger partial charge in [0.2, 0.25) is 5.91 Å². The van der Waals surface area contributed by atoms with Crippen LogP contribution in [0.25, 0.3) is 0 Å². The van der Waals surface area contributed by atoms with Gasteiger partial charge in [0.05, 0.1) is 12.6 Å². The van der Waals surface area contributed by atoms with Gasteiger partial charge in [-0.2, -0.15) is 0 Å². The fourth-order valence-corrected chi connectivity index (χ4v) is 2.42. The van der Waals surface area contributed by atoms with E-state index in [2.05, 4.69) is 0 Å². The Morgan fingerprint density at radius 3 is 2.61 bits per heavy atom. The predicted molar refractivity (Wildman–Crippen MR) is 70.1 cm³/mol. The number of benzene rings is 1. The fourth-order valence-electron chi connectivity index (χ4n) is 2.42. The lowest BCUT2D eigenvalue weighted by Crippen LogP contribution is -2.57. The molecule has 18 heavy (non-hydrogen) atoms. The number of likely N-dealkylation sites (N-methyl/N-ethyl adjacent to an activating group) is 1. The number of nitrogens with zero attached hydrogens (tertiary/aromatic N) is 2. The zero-order chi connectivity index (χ0) is 13.1. The van der Waals surface area contributed by atoms with Crippen molar-refractivity contribution in [2.45, 2.75) is 19.0 Å². The highest BCUT2D eigenvalue weighted by atomic mass is 16.3. The van der Waals surface area contributed by atoms with Gasteiger partial charge in [-0.15, -0.1) is 0 Å². The van der Waals surface area contributed by atoms with Crippen LogP contribution in [0.2, 0.25) is 0 Å². The van der Waals surface area contributed by atoms with Crippen molar-refractivity contribution < 1.29 is 9.90 Å². The molecule has 0 aliphatic carbocycles. The third-order valence-corrected chi connectivity index (χ3v) is 3.72. The summed E-state index contributed by atoms with van der Waals surface area (Å²) in [6.07, 6.45) is 0. The Kier molecular flexibility index (Phi) is 3.99. The van der Waals surface area contributed by atoms with Gasteiger partial charge in [-0.3, -0.25) is 9.69 Å². The molecule has 2 atom stereocenters. The van der Waals surface area contributed by atoms with Crippen molar-refractivity contribution in [1.29, 1.82) is 0 Å². The van der Waals surface area contributed by atoms with Gasteiger partial charge in [-0.1, -0.05) is 30.3 Å². The zero-order valence-corrected chi connectivity index (χ0v) is 10.9. The zero-order valence-electron chi connectivity index (χ0n) is 10.9. The molecule has 0 saturated carbocycles. The summed E-state index contributed by atoms with van der Waals surface area (Å²) in [7, 11) is 1.88. The minimum absolute atomic E-state index is 0.0163. The molecule has 0 radical (unpaired) electrons. The molecule has 0 spiro atoms. The molecule has 1 fully saturated rings. The number of carbonyl (C=O) groups excluding carboxylic acids is 1. The van der Waals surface area contributed by atoms with Crippen LogP contribution in [0, 0.1) is 0 Å². The fraction of sp³-hybridized carbons (Fsp3) is 0.500. The molecule has 1 aromatic rings. The minimum Gasteiger partial charge on any atom is -0.394 e. The first-order valence-electron chi connectivity index (χ1n) is 6.31. The average molecular weight is 248 g/mol. The summed E-state index contributed by atoms with van der Waals surface area (Å²) < 4.78 is 0. The van der Waals surface area contributed by atoms with Crippen molar-refractivity contribution in [2.24, 2.45) is 0 Å². The maximum atomic E-state index is 12.3. The van der Waals surface area contributed by atoms with E-state index in [1.807, 2.05) is 54.1 Å². The summed E-state index contributed by atoms with van der Waals surface area (Å²) in [5.74, 6) is 0.0163. The number of aliphatic hydroxyl groups excluding tert-OH is 1. The summed E-state index contributed by atoms with van der Waals surface area (Å²) >= 11 is 0. The third kappa shape index (κ3) is 2.40. The van der Waals surface area contributed by atoms with Gasteiger partial charge in [0, 0.05) is 13.1 Å². The van der Waals surface area contributed by atoms with Crippen molar-refractivity contribution in [1.82, 2.24) is 9.80 Å². The Morgan fingerprint density at radius 1 is 1.33 bits per heavy atom. The second kappa shape index (κ2) is 5.50. The van der Waals surface area contributed by atoms with E-state index in [9.17, 15) is 9.90 Å². The summed E-state index contributed by atoms with van der Waals surface area (Å²) in [5.41, 5.74) is 1.13. The van der Waals surface area contributed by atoms with Crippen LogP contribution in [0.1, 0.15) is 18.5 Å². The molecule has 1 aliphatic rings. The predicted octanol–water partition coefficient (Wildman–Crippen LogP) is 0.882. The van der Waals surface area contributed by atoms with Crippen LogP contribution in [-0.2, 0) is 4.79 Å². The highest BCUT2D eigenvalue weighted by Crippen LogP contribution is 2.23. The lowest BCUT2D eigenvalue weighted by Gasteiger charge is -2.41. The largest absolute Gasteiger partial charge is 0.394 e. The van der Waals surface area contributed by atoms with Gasteiger partial charge < -0.3 is 10.0 Å². The van der Waals surface area contributed by atoms with Gasteiger partial charge >= 0.3 is 0 Å². The normalized spacial score (nSPS) is 23.2. The first-order chi connectivity index (χ1) is 8.65. The van der Waals surface area contributed by atoms with Crippen molar-refractivity contribution in [3.05, 3.63) is 35.9 Å². The molecule has 2 unspecified atom stereocenters. The maximum Gasteiger partial charge on any atom is 0.242 e.